The van der Waals surface area contributed by atoms with Crippen molar-refractivity contribution in [2.24, 2.45) is 5.73 Å². The van der Waals surface area contributed by atoms with Gasteiger partial charge in [0, 0.05) is 6.08 Å². The molecule has 0 bridgehead atoms. The molecule has 0 saturated carbocycles. The summed E-state index contributed by atoms with van der Waals surface area (Å²) in [6.45, 7) is -0.204. The van der Waals surface area contributed by atoms with Crippen LogP contribution in [0.4, 0.5) is 0 Å². The van der Waals surface area contributed by atoms with Crippen LogP contribution in [-0.2, 0) is 19.1 Å². The second-order valence-electron chi connectivity index (χ2n) is 3.50. The van der Waals surface area contributed by atoms with Gasteiger partial charge in [0.1, 0.15) is 12.6 Å². The van der Waals surface area contributed by atoms with Gasteiger partial charge >= 0.3 is 11.9 Å². The Hall–Kier alpha value is -2.14. The number of rotatable bonds is 5. The van der Waals surface area contributed by atoms with Crippen LogP contribution >= 0.6 is 0 Å². The van der Waals surface area contributed by atoms with Gasteiger partial charge in [0.05, 0.1) is 7.11 Å². The smallest absolute Gasteiger partial charge is 0.330 e. The number of methoxy groups -OCH3 is 1. The molecule has 5 nitrogen and oxygen atoms in total. The van der Waals surface area contributed by atoms with E-state index < -0.39 is 18.0 Å². The van der Waals surface area contributed by atoms with Crippen LogP contribution in [-0.4, -0.2) is 31.7 Å². The van der Waals surface area contributed by atoms with E-state index in [1.54, 1.807) is 6.08 Å². The lowest BCUT2D eigenvalue weighted by Gasteiger charge is -2.08. The Morgan fingerprint density at radius 2 is 2.00 bits per heavy atom. The van der Waals surface area contributed by atoms with Crippen LogP contribution in [0.25, 0.3) is 6.08 Å². The van der Waals surface area contributed by atoms with Crippen LogP contribution in [0.2, 0.25) is 0 Å². The van der Waals surface area contributed by atoms with Crippen LogP contribution in [0.1, 0.15) is 5.56 Å². The Morgan fingerprint density at radius 1 is 1.33 bits per heavy atom. The fourth-order valence-corrected chi connectivity index (χ4v) is 1.17. The molecule has 0 aliphatic heterocycles. The van der Waals surface area contributed by atoms with Crippen molar-refractivity contribution in [2.45, 2.75) is 6.04 Å². The largest absolute Gasteiger partial charge is 0.468 e. The molecule has 0 unspecified atom stereocenters. The quantitative estimate of drug-likeness (QED) is 0.615. The molecule has 5 heteroatoms. The Morgan fingerprint density at radius 3 is 2.61 bits per heavy atom. The van der Waals surface area contributed by atoms with Crippen LogP contribution in [0.3, 0.4) is 0 Å². The third-order valence-electron chi connectivity index (χ3n) is 2.12. The average molecular weight is 249 g/mol. The molecule has 96 valence electrons. The lowest BCUT2D eigenvalue weighted by Crippen LogP contribution is -2.36. The number of carbonyl (C=O) groups excluding carboxylic acids is 2. The second kappa shape index (κ2) is 7.24. The fraction of sp³-hybridized carbons (Fsp3) is 0.231. The predicted octanol–water partition coefficient (Wildman–Crippen LogP) is 0.743. The van der Waals surface area contributed by atoms with Gasteiger partial charge in [0.25, 0.3) is 0 Å². The molecule has 0 aliphatic carbocycles. The normalized spacial score (nSPS) is 12.1. The highest BCUT2D eigenvalue weighted by Crippen LogP contribution is 2.01. The van der Waals surface area contributed by atoms with Crippen LogP contribution in [0.15, 0.2) is 36.4 Å². The summed E-state index contributed by atoms with van der Waals surface area (Å²) in [5.74, 6) is -1.17. The van der Waals surface area contributed by atoms with Crippen molar-refractivity contribution in [3.8, 4) is 0 Å². The van der Waals surface area contributed by atoms with E-state index in [-0.39, 0.29) is 6.61 Å². The highest BCUT2D eigenvalue weighted by molar-refractivity contribution is 5.87. The number of hydrogen-bond donors (Lipinski definition) is 1. The van der Waals surface area contributed by atoms with Crippen LogP contribution in [0, 0.1) is 0 Å². The molecular formula is C13H15NO4. The number of esters is 2. The van der Waals surface area contributed by atoms with Crippen molar-refractivity contribution in [2.75, 3.05) is 13.7 Å². The van der Waals surface area contributed by atoms with Gasteiger partial charge < -0.3 is 15.2 Å². The first-order valence-corrected chi connectivity index (χ1v) is 5.37. The minimum atomic E-state index is -0.955. The Balaban J connectivity index is 2.38. The van der Waals surface area contributed by atoms with E-state index in [2.05, 4.69) is 4.74 Å². The molecule has 0 amide bonds. The van der Waals surface area contributed by atoms with Gasteiger partial charge in [0.2, 0.25) is 0 Å². The zero-order chi connectivity index (χ0) is 13.4. The third-order valence-corrected chi connectivity index (χ3v) is 2.12. The van der Waals surface area contributed by atoms with Crippen molar-refractivity contribution in [3.63, 3.8) is 0 Å². The summed E-state index contributed by atoms with van der Waals surface area (Å²) in [6, 6.07) is 8.35. The van der Waals surface area contributed by atoms with Gasteiger partial charge in [-0.15, -0.1) is 0 Å². The summed E-state index contributed by atoms with van der Waals surface area (Å²) >= 11 is 0. The molecular weight excluding hydrogens is 234 g/mol. The van der Waals surface area contributed by atoms with Crippen LogP contribution in [0.5, 0.6) is 0 Å². The van der Waals surface area contributed by atoms with Crippen molar-refractivity contribution < 1.29 is 19.1 Å². The van der Waals surface area contributed by atoms with Crippen molar-refractivity contribution in [3.05, 3.63) is 42.0 Å². The standard InChI is InChI=1S/C13H15NO4/c1-17-13(16)11(14)9-18-12(15)8-7-10-5-3-2-4-6-10/h2-8,11H,9,14H2,1H3/b8-7+/t11-/m0/s1. The van der Waals surface area contributed by atoms with E-state index in [4.69, 9.17) is 10.5 Å². The number of nitrogens with two attached hydrogens (primary N) is 1. The number of benzene rings is 1. The number of carbonyl (C=O) groups is 2. The molecule has 0 aliphatic rings. The zero-order valence-electron chi connectivity index (χ0n) is 10.0. The number of ether oxygens (including phenoxy) is 2. The molecule has 0 aromatic heterocycles. The molecule has 0 radical (unpaired) electrons. The van der Waals surface area contributed by atoms with Crippen molar-refractivity contribution in [1.82, 2.24) is 0 Å². The highest BCUT2D eigenvalue weighted by Gasteiger charge is 2.14. The average Bonchev–Trinajstić information content (AvgIpc) is 2.42. The van der Waals surface area contributed by atoms with Crippen molar-refractivity contribution in [1.29, 1.82) is 0 Å². The van der Waals surface area contributed by atoms with Gasteiger partial charge in [-0.25, -0.2) is 4.79 Å². The van der Waals surface area contributed by atoms with E-state index in [0.29, 0.717) is 0 Å². The maximum absolute atomic E-state index is 11.3. The van der Waals surface area contributed by atoms with E-state index in [1.165, 1.54) is 13.2 Å². The monoisotopic (exact) mass is 249 g/mol. The lowest BCUT2D eigenvalue weighted by molar-refractivity contribution is -0.146. The summed E-state index contributed by atoms with van der Waals surface area (Å²) in [7, 11) is 1.22. The molecule has 0 heterocycles. The highest BCUT2D eigenvalue weighted by atomic mass is 16.5. The predicted molar refractivity (Wildman–Crippen MR) is 66.4 cm³/mol. The topological polar surface area (TPSA) is 78.6 Å². The van der Waals surface area contributed by atoms with Crippen molar-refractivity contribution >= 4 is 18.0 Å². The SMILES string of the molecule is COC(=O)[C@@H](N)COC(=O)/C=C/c1ccccc1. The van der Waals surface area contributed by atoms with Gasteiger partial charge in [-0.2, -0.15) is 0 Å². The third kappa shape index (κ3) is 4.80. The van der Waals surface area contributed by atoms with Gasteiger partial charge in [-0.1, -0.05) is 30.3 Å². The molecule has 2 N–H and O–H groups in total. The van der Waals surface area contributed by atoms with Gasteiger partial charge in [-0.3, -0.25) is 4.79 Å². The molecule has 0 spiro atoms. The first kappa shape index (κ1) is 13.9. The molecule has 1 aromatic carbocycles. The number of hydrogen-bond acceptors (Lipinski definition) is 5. The Bertz CT molecular complexity index is 428. The minimum absolute atomic E-state index is 0.204. The lowest BCUT2D eigenvalue weighted by atomic mass is 10.2. The van der Waals surface area contributed by atoms with E-state index >= 15 is 0 Å². The molecule has 18 heavy (non-hydrogen) atoms. The fourth-order valence-electron chi connectivity index (χ4n) is 1.17. The summed E-state index contributed by atoms with van der Waals surface area (Å²) < 4.78 is 9.20. The Kier molecular flexibility index (Phi) is 5.60. The molecule has 0 fully saturated rings. The molecule has 1 atom stereocenters. The van der Waals surface area contributed by atoms with E-state index in [9.17, 15) is 9.59 Å². The Labute approximate surface area is 105 Å². The summed E-state index contributed by atoms with van der Waals surface area (Å²) in [6.07, 6.45) is 2.89. The molecule has 1 aromatic rings. The van der Waals surface area contributed by atoms with Crippen LogP contribution < -0.4 is 5.73 Å². The maximum Gasteiger partial charge on any atom is 0.330 e. The first-order valence-electron chi connectivity index (χ1n) is 5.37. The summed E-state index contributed by atoms with van der Waals surface area (Å²) in [4.78, 5) is 22.3. The summed E-state index contributed by atoms with van der Waals surface area (Å²) in [5.41, 5.74) is 6.29. The zero-order valence-corrected chi connectivity index (χ0v) is 10.0. The summed E-state index contributed by atoms with van der Waals surface area (Å²) in [5, 5.41) is 0. The van der Waals surface area contributed by atoms with Gasteiger partial charge in [0.15, 0.2) is 0 Å². The molecule has 0 saturated heterocycles. The second-order valence-corrected chi connectivity index (χ2v) is 3.50. The van der Waals surface area contributed by atoms with E-state index in [1.807, 2.05) is 30.3 Å². The maximum atomic E-state index is 11.3. The van der Waals surface area contributed by atoms with Gasteiger partial charge in [-0.05, 0) is 11.6 Å². The first-order chi connectivity index (χ1) is 8.63. The van der Waals surface area contributed by atoms with E-state index in [0.717, 1.165) is 5.56 Å². The molecule has 1 rings (SSSR count). The minimum Gasteiger partial charge on any atom is -0.468 e.